The van der Waals surface area contributed by atoms with Crippen molar-refractivity contribution in [2.45, 2.75) is 19.3 Å². The van der Waals surface area contributed by atoms with Crippen LogP contribution in [0.4, 0.5) is 11.4 Å². The van der Waals surface area contributed by atoms with Crippen LogP contribution >= 0.6 is 0 Å². The molecule has 1 saturated heterocycles. The Hall–Kier alpha value is -4.98. The van der Waals surface area contributed by atoms with Gasteiger partial charge in [-0.25, -0.2) is 9.97 Å². The number of aliphatic imine (C=N–C) groups is 2. The number of carbonyl (C=O) groups excluding carboxylic acids is 2. The molecule has 0 spiro atoms. The average Bonchev–Trinajstić information content (AvgIpc) is 3.58. The zero-order chi connectivity index (χ0) is 27.8. The van der Waals surface area contributed by atoms with Gasteiger partial charge in [0, 0.05) is 39.0 Å². The van der Waals surface area contributed by atoms with Crippen LogP contribution in [0.2, 0.25) is 0 Å². The molecule has 2 amide bonds. The smallest absolute Gasteiger partial charge is 0.272 e. The number of amides is 2. The quantitative estimate of drug-likeness (QED) is 0.371. The summed E-state index contributed by atoms with van der Waals surface area (Å²) >= 11 is 0. The number of hydrogen-bond acceptors (Lipinski definition) is 6. The normalized spacial score (nSPS) is 16.0. The zero-order valence-electron chi connectivity index (χ0n) is 22.5. The second-order valence-electron chi connectivity index (χ2n) is 10.5. The summed E-state index contributed by atoms with van der Waals surface area (Å²) in [4.78, 5) is 49.3. The van der Waals surface area contributed by atoms with E-state index in [2.05, 4.69) is 22.1 Å². The van der Waals surface area contributed by atoms with Gasteiger partial charge in [0.25, 0.3) is 11.8 Å². The zero-order valence-corrected chi connectivity index (χ0v) is 22.5. The Morgan fingerprint density at radius 3 is 1.46 bits per heavy atom. The second-order valence-corrected chi connectivity index (χ2v) is 10.5. The van der Waals surface area contributed by atoms with Crippen molar-refractivity contribution >= 4 is 34.6 Å². The van der Waals surface area contributed by atoms with E-state index < -0.39 is 0 Å². The van der Waals surface area contributed by atoms with E-state index in [1.165, 1.54) is 11.1 Å². The SMILES string of the molecule is O=C(c1cccc(C2=Nc3ccccc3C2)n1)N1CCCN(C(=O)c2cccc(C3=Nc4ccccc4C3)n2)CC1. The minimum absolute atomic E-state index is 0.129. The largest absolute Gasteiger partial charge is 0.335 e. The van der Waals surface area contributed by atoms with Crippen LogP contribution in [0.5, 0.6) is 0 Å². The van der Waals surface area contributed by atoms with Crippen LogP contribution in [-0.4, -0.2) is 69.2 Å². The predicted molar refractivity (Wildman–Crippen MR) is 158 cm³/mol. The molecule has 0 unspecified atom stereocenters. The van der Waals surface area contributed by atoms with E-state index in [1.807, 2.05) is 60.7 Å². The van der Waals surface area contributed by atoms with Crippen LogP contribution in [-0.2, 0) is 12.8 Å². The third kappa shape index (κ3) is 4.93. The standard InChI is InChI=1S/C33H28N6O2/c40-32(28-14-5-12-26(36-28)30-20-22-8-1-3-10-24(22)34-30)38-16-7-17-39(19-18-38)33(41)29-15-6-13-27(37-29)31-21-23-9-2-4-11-25(23)35-31/h1-6,8-15H,7,16-21H2. The van der Waals surface area contributed by atoms with Gasteiger partial charge < -0.3 is 9.80 Å². The lowest BCUT2D eigenvalue weighted by atomic mass is 10.1. The van der Waals surface area contributed by atoms with Gasteiger partial charge in [-0.2, -0.15) is 0 Å². The summed E-state index contributed by atoms with van der Waals surface area (Å²) in [5.41, 5.74) is 8.23. The summed E-state index contributed by atoms with van der Waals surface area (Å²) in [5.74, 6) is -0.257. The Balaban J connectivity index is 1.02. The highest BCUT2D eigenvalue weighted by atomic mass is 16.2. The number of hydrogen-bond donors (Lipinski definition) is 0. The first-order chi connectivity index (χ1) is 20.1. The molecular formula is C33H28N6O2. The molecule has 0 aliphatic carbocycles. The minimum Gasteiger partial charge on any atom is -0.335 e. The van der Waals surface area contributed by atoms with E-state index in [-0.39, 0.29) is 11.8 Å². The van der Waals surface area contributed by atoms with Gasteiger partial charge >= 0.3 is 0 Å². The lowest BCUT2D eigenvalue weighted by Crippen LogP contribution is -2.38. The second kappa shape index (κ2) is 10.5. The Labute approximate surface area is 238 Å². The third-order valence-corrected chi connectivity index (χ3v) is 7.81. The molecule has 8 heteroatoms. The van der Waals surface area contributed by atoms with Crippen molar-refractivity contribution in [3.8, 4) is 0 Å². The molecule has 3 aliphatic rings. The molecule has 0 saturated carbocycles. The summed E-state index contributed by atoms with van der Waals surface area (Å²) < 4.78 is 0. The average molecular weight is 541 g/mol. The van der Waals surface area contributed by atoms with Crippen molar-refractivity contribution in [3.05, 3.63) is 119 Å². The molecule has 4 aromatic rings. The van der Waals surface area contributed by atoms with Gasteiger partial charge in [0.15, 0.2) is 0 Å². The van der Waals surface area contributed by atoms with Crippen molar-refractivity contribution < 1.29 is 9.59 Å². The molecule has 1 fully saturated rings. The lowest BCUT2D eigenvalue weighted by Gasteiger charge is -2.22. The molecule has 5 heterocycles. The highest BCUT2D eigenvalue weighted by Gasteiger charge is 2.26. The number of carbonyl (C=O) groups is 2. The Morgan fingerprint density at radius 1 is 0.537 bits per heavy atom. The number of rotatable bonds is 4. The molecule has 3 aliphatic heterocycles. The molecule has 2 aromatic heterocycles. The van der Waals surface area contributed by atoms with Gasteiger partial charge in [-0.3, -0.25) is 19.6 Å². The number of aromatic nitrogens is 2. The molecule has 0 atom stereocenters. The van der Waals surface area contributed by atoms with Gasteiger partial charge in [-0.15, -0.1) is 0 Å². The fraction of sp³-hybridized carbons (Fsp3) is 0.212. The molecule has 7 rings (SSSR count). The van der Waals surface area contributed by atoms with E-state index in [1.54, 1.807) is 21.9 Å². The molecule has 202 valence electrons. The molecular weight excluding hydrogens is 512 g/mol. The Morgan fingerprint density at radius 2 is 1.00 bits per heavy atom. The maximum atomic E-state index is 13.5. The highest BCUT2D eigenvalue weighted by molar-refractivity contribution is 6.07. The molecule has 0 bridgehead atoms. The summed E-state index contributed by atoms with van der Waals surface area (Å²) in [6.45, 7) is 1.99. The molecule has 0 N–H and O–H groups in total. The van der Waals surface area contributed by atoms with Crippen LogP contribution in [0.15, 0.2) is 94.9 Å². The summed E-state index contributed by atoms with van der Waals surface area (Å²) in [6, 6.07) is 27.1. The van der Waals surface area contributed by atoms with Crippen LogP contribution < -0.4 is 0 Å². The first-order valence-electron chi connectivity index (χ1n) is 14.0. The fourth-order valence-corrected chi connectivity index (χ4v) is 5.64. The topological polar surface area (TPSA) is 91.1 Å². The first-order valence-corrected chi connectivity index (χ1v) is 14.0. The van der Waals surface area contributed by atoms with Gasteiger partial charge in [-0.05, 0) is 53.9 Å². The molecule has 0 radical (unpaired) electrons. The minimum atomic E-state index is -0.129. The maximum absolute atomic E-state index is 13.5. The summed E-state index contributed by atoms with van der Waals surface area (Å²) in [5, 5.41) is 0. The maximum Gasteiger partial charge on any atom is 0.272 e. The van der Waals surface area contributed by atoms with Gasteiger partial charge in [0.2, 0.25) is 0 Å². The number of fused-ring (bicyclic) bond motifs is 2. The number of para-hydroxylation sites is 2. The van der Waals surface area contributed by atoms with Gasteiger partial charge in [0.1, 0.15) is 11.4 Å². The van der Waals surface area contributed by atoms with E-state index >= 15 is 0 Å². The van der Waals surface area contributed by atoms with Crippen molar-refractivity contribution in [2.24, 2.45) is 9.98 Å². The van der Waals surface area contributed by atoms with Gasteiger partial charge in [-0.1, -0.05) is 48.5 Å². The van der Waals surface area contributed by atoms with E-state index in [9.17, 15) is 9.59 Å². The van der Waals surface area contributed by atoms with E-state index in [4.69, 9.17) is 9.98 Å². The van der Waals surface area contributed by atoms with Crippen molar-refractivity contribution in [1.29, 1.82) is 0 Å². The predicted octanol–water partition coefficient (Wildman–Crippen LogP) is 4.82. The lowest BCUT2D eigenvalue weighted by molar-refractivity contribution is 0.0713. The van der Waals surface area contributed by atoms with Crippen LogP contribution in [0.3, 0.4) is 0 Å². The summed E-state index contributed by atoms with van der Waals surface area (Å²) in [6.07, 6.45) is 2.09. The number of nitrogens with zero attached hydrogens (tertiary/aromatic N) is 6. The van der Waals surface area contributed by atoms with E-state index in [0.717, 1.165) is 34.2 Å². The van der Waals surface area contributed by atoms with Crippen LogP contribution in [0.1, 0.15) is 49.9 Å². The van der Waals surface area contributed by atoms with Crippen molar-refractivity contribution in [2.75, 3.05) is 26.2 Å². The molecule has 2 aromatic carbocycles. The highest BCUT2D eigenvalue weighted by Crippen LogP contribution is 2.29. The summed E-state index contributed by atoms with van der Waals surface area (Å²) in [7, 11) is 0. The molecule has 8 nitrogen and oxygen atoms in total. The Bertz CT molecular complexity index is 1620. The van der Waals surface area contributed by atoms with Crippen molar-refractivity contribution in [3.63, 3.8) is 0 Å². The number of pyridine rings is 2. The third-order valence-electron chi connectivity index (χ3n) is 7.81. The fourth-order valence-electron chi connectivity index (χ4n) is 5.64. The number of benzene rings is 2. The van der Waals surface area contributed by atoms with Crippen LogP contribution in [0.25, 0.3) is 0 Å². The monoisotopic (exact) mass is 540 g/mol. The first kappa shape index (κ1) is 25.0. The molecule has 41 heavy (non-hydrogen) atoms. The Kier molecular flexibility index (Phi) is 6.43. The van der Waals surface area contributed by atoms with Crippen LogP contribution in [0, 0.1) is 0 Å². The van der Waals surface area contributed by atoms with Gasteiger partial charge in [0.05, 0.1) is 34.2 Å². The van der Waals surface area contributed by atoms with Crippen molar-refractivity contribution in [1.82, 2.24) is 19.8 Å². The van der Waals surface area contributed by atoms with E-state index in [0.29, 0.717) is 56.8 Å².